The van der Waals surface area contributed by atoms with Crippen molar-refractivity contribution in [2.45, 2.75) is 45.3 Å². The van der Waals surface area contributed by atoms with Crippen LogP contribution in [-0.4, -0.2) is 28.1 Å². The van der Waals surface area contributed by atoms with Gasteiger partial charge in [-0.05, 0) is 36.8 Å². The number of para-hydroxylation sites is 1. The first-order chi connectivity index (χ1) is 14.0. The predicted octanol–water partition coefficient (Wildman–Crippen LogP) is 5.25. The second-order valence-corrected chi connectivity index (χ2v) is 8.45. The van der Waals surface area contributed by atoms with Gasteiger partial charge in [0.1, 0.15) is 23.3 Å². The Morgan fingerprint density at radius 1 is 1.13 bits per heavy atom. The Labute approximate surface area is 190 Å². The molecule has 2 heterocycles. The first kappa shape index (κ1) is 20.9. The standard InChI is InChI=1S/C24H23N2O3.Pt/c1-24(2)13-5-10-19-22(24)26-23(29-19)16-7-3-8-17(14-16)28-20-12-11-15-6-4-9-18(27)21(15)25-20;/h3-4,6-9,11-12,19,22,27H,5,10,13H2,1-2H3;/q-1;/t19-,22+;/m0./s1. The minimum atomic E-state index is 0. The summed E-state index contributed by atoms with van der Waals surface area (Å²) in [6, 6.07) is 18.1. The zero-order valence-corrected chi connectivity index (χ0v) is 19.1. The molecule has 1 N–H and O–H groups in total. The van der Waals surface area contributed by atoms with Crippen LogP contribution in [0.25, 0.3) is 10.9 Å². The van der Waals surface area contributed by atoms with Crippen LogP contribution >= 0.6 is 0 Å². The molecule has 1 aliphatic carbocycles. The summed E-state index contributed by atoms with van der Waals surface area (Å²) in [5, 5.41) is 10.9. The molecule has 158 valence electrons. The fourth-order valence-electron chi connectivity index (χ4n) is 4.30. The number of nitrogens with zero attached hydrogens (tertiary/aromatic N) is 2. The number of phenolic OH excluding ortho intramolecular Hbond substituents is 1. The molecule has 30 heavy (non-hydrogen) atoms. The maximum absolute atomic E-state index is 10.0. The molecule has 1 saturated carbocycles. The van der Waals surface area contributed by atoms with Crippen LogP contribution in [0.1, 0.15) is 38.7 Å². The number of phenols is 1. The number of aliphatic imine (C=N–C) groups is 1. The van der Waals surface area contributed by atoms with Gasteiger partial charge in [0.15, 0.2) is 0 Å². The summed E-state index contributed by atoms with van der Waals surface area (Å²) in [7, 11) is 0. The van der Waals surface area contributed by atoms with Gasteiger partial charge in [-0.25, -0.2) is 4.98 Å². The van der Waals surface area contributed by atoms with Crippen molar-refractivity contribution in [1.82, 2.24) is 4.98 Å². The van der Waals surface area contributed by atoms with Crippen molar-refractivity contribution in [3.8, 4) is 17.4 Å². The van der Waals surface area contributed by atoms with Gasteiger partial charge in [-0.2, -0.15) is 0 Å². The molecule has 1 aliphatic heterocycles. The third-order valence-corrected chi connectivity index (χ3v) is 5.87. The van der Waals surface area contributed by atoms with Crippen molar-refractivity contribution in [2.75, 3.05) is 0 Å². The number of hydrogen-bond acceptors (Lipinski definition) is 5. The molecule has 0 amide bonds. The molecule has 0 radical (unpaired) electrons. The molecule has 0 unspecified atom stereocenters. The Morgan fingerprint density at radius 2 is 1.97 bits per heavy atom. The smallest absolute Gasteiger partial charge is 0.217 e. The van der Waals surface area contributed by atoms with Gasteiger partial charge in [0.2, 0.25) is 5.88 Å². The van der Waals surface area contributed by atoms with Gasteiger partial charge in [-0.15, -0.1) is 18.2 Å². The van der Waals surface area contributed by atoms with Crippen molar-refractivity contribution in [2.24, 2.45) is 10.4 Å². The predicted molar refractivity (Wildman–Crippen MR) is 112 cm³/mol. The monoisotopic (exact) mass is 582 g/mol. The van der Waals surface area contributed by atoms with Crippen molar-refractivity contribution in [3.63, 3.8) is 0 Å². The van der Waals surface area contributed by atoms with Gasteiger partial charge in [0.05, 0.1) is 6.04 Å². The number of aromatic hydroxyl groups is 1. The van der Waals surface area contributed by atoms with Crippen LogP contribution in [0.3, 0.4) is 0 Å². The number of pyridine rings is 1. The molecule has 1 aromatic heterocycles. The van der Waals surface area contributed by atoms with Gasteiger partial charge in [0, 0.05) is 38.3 Å². The van der Waals surface area contributed by atoms with Crippen LogP contribution in [0.15, 0.2) is 53.5 Å². The van der Waals surface area contributed by atoms with E-state index in [-0.39, 0.29) is 44.4 Å². The van der Waals surface area contributed by atoms with E-state index >= 15 is 0 Å². The quantitative estimate of drug-likeness (QED) is 0.429. The molecule has 0 spiro atoms. The molecule has 1 fully saturated rings. The van der Waals surface area contributed by atoms with E-state index in [1.54, 1.807) is 18.2 Å². The van der Waals surface area contributed by atoms with E-state index in [4.69, 9.17) is 14.5 Å². The third-order valence-electron chi connectivity index (χ3n) is 5.87. The van der Waals surface area contributed by atoms with Crippen LogP contribution < -0.4 is 4.74 Å². The Hall–Kier alpha value is -2.39. The van der Waals surface area contributed by atoms with Gasteiger partial charge in [-0.3, -0.25) is 4.99 Å². The van der Waals surface area contributed by atoms with Crippen molar-refractivity contribution in [3.05, 3.63) is 60.2 Å². The van der Waals surface area contributed by atoms with Gasteiger partial charge < -0.3 is 14.6 Å². The zero-order valence-electron chi connectivity index (χ0n) is 16.9. The van der Waals surface area contributed by atoms with Crippen LogP contribution in [-0.2, 0) is 25.8 Å². The maximum atomic E-state index is 10.0. The second-order valence-electron chi connectivity index (χ2n) is 8.45. The number of rotatable bonds is 3. The van der Waals surface area contributed by atoms with E-state index in [9.17, 15) is 5.11 Å². The third kappa shape index (κ3) is 3.83. The number of benzene rings is 2. The molecular weight excluding hydrogens is 559 g/mol. The van der Waals surface area contributed by atoms with E-state index in [1.165, 1.54) is 12.8 Å². The number of hydrogen-bond donors (Lipinski definition) is 1. The SMILES string of the molecule is CC1(C)CCC[C@@H]2OC(c3[c-]c(Oc4ccc5cccc(O)c5n4)ccc3)=N[C@H]21.[Pt]. The maximum Gasteiger partial charge on any atom is 0.217 e. The number of fused-ring (bicyclic) bond motifs is 2. The molecule has 5 rings (SSSR count). The van der Waals surface area contributed by atoms with Crippen LogP contribution in [0.2, 0.25) is 0 Å². The van der Waals surface area contributed by atoms with Crippen molar-refractivity contribution in [1.29, 1.82) is 0 Å². The molecule has 3 aromatic rings. The summed E-state index contributed by atoms with van der Waals surface area (Å²) in [5.74, 6) is 1.70. The Balaban J connectivity index is 0.00000218. The topological polar surface area (TPSA) is 63.9 Å². The molecule has 5 nitrogen and oxygen atoms in total. The normalized spacial score (nSPS) is 21.9. The van der Waals surface area contributed by atoms with E-state index < -0.39 is 0 Å². The van der Waals surface area contributed by atoms with Gasteiger partial charge in [0.25, 0.3) is 0 Å². The number of aromatic nitrogens is 1. The molecular formula is C24H23N2O3Pt-. The first-order valence-electron chi connectivity index (χ1n) is 10.0. The Morgan fingerprint density at radius 3 is 2.80 bits per heavy atom. The summed E-state index contributed by atoms with van der Waals surface area (Å²) in [5.41, 5.74) is 1.45. The van der Waals surface area contributed by atoms with E-state index in [1.807, 2.05) is 30.3 Å². The molecule has 0 saturated heterocycles. The van der Waals surface area contributed by atoms with Crippen LogP contribution in [0.5, 0.6) is 17.4 Å². The molecule has 0 bridgehead atoms. The fraction of sp³-hybridized carbons (Fsp3) is 0.333. The average Bonchev–Trinajstić information content (AvgIpc) is 3.15. The zero-order chi connectivity index (χ0) is 20.0. The molecule has 2 atom stereocenters. The summed E-state index contributed by atoms with van der Waals surface area (Å²) in [4.78, 5) is 9.31. The van der Waals surface area contributed by atoms with E-state index in [0.29, 0.717) is 23.0 Å². The minimum Gasteiger partial charge on any atom is -0.515 e. The second kappa shape index (κ2) is 8.03. The molecule has 6 heteroatoms. The fourth-order valence-corrected chi connectivity index (χ4v) is 4.30. The van der Waals surface area contributed by atoms with Crippen molar-refractivity contribution >= 4 is 16.8 Å². The van der Waals surface area contributed by atoms with Gasteiger partial charge >= 0.3 is 0 Å². The summed E-state index contributed by atoms with van der Waals surface area (Å²) in [6.45, 7) is 4.54. The summed E-state index contributed by atoms with van der Waals surface area (Å²) < 4.78 is 12.1. The molecule has 2 aromatic carbocycles. The molecule has 2 aliphatic rings. The van der Waals surface area contributed by atoms with Gasteiger partial charge in [-0.1, -0.05) is 37.6 Å². The Bertz CT molecular complexity index is 1110. The van der Waals surface area contributed by atoms with E-state index in [2.05, 4.69) is 24.9 Å². The first-order valence-corrected chi connectivity index (χ1v) is 10.0. The van der Waals surface area contributed by atoms with E-state index in [0.717, 1.165) is 17.4 Å². The summed E-state index contributed by atoms with van der Waals surface area (Å²) >= 11 is 0. The number of ether oxygens (including phenoxy) is 2. The largest absolute Gasteiger partial charge is 0.515 e. The Kier molecular flexibility index (Phi) is 5.59. The van der Waals surface area contributed by atoms with Crippen LogP contribution in [0.4, 0.5) is 0 Å². The minimum absolute atomic E-state index is 0. The average molecular weight is 583 g/mol. The summed E-state index contributed by atoms with van der Waals surface area (Å²) in [6.07, 6.45) is 3.53. The van der Waals surface area contributed by atoms with Crippen molar-refractivity contribution < 1.29 is 35.6 Å². The van der Waals surface area contributed by atoms with Crippen LogP contribution in [0, 0.1) is 11.5 Å².